The fourth-order valence-corrected chi connectivity index (χ4v) is 2.46. The van der Waals surface area contributed by atoms with E-state index in [0.717, 1.165) is 24.8 Å². The normalized spacial score (nSPS) is 29.3. The summed E-state index contributed by atoms with van der Waals surface area (Å²) in [5.74, 6) is 0.372. The van der Waals surface area contributed by atoms with Gasteiger partial charge in [-0.3, -0.25) is 0 Å². The number of hydrogen-bond acceptors (Lipinski definition) is 5. The fourth-order valence-electron chi connectivity index (χ4n) is 2.46. The minimum Gasteiger partial charge on any atom is -0.438 e. The lowest BCUT2D eigenvalue weighted by Gasteiger charge is -2.29. The highest BCUT2D eigenvalue weighted by atomic mass is 16.7. The first-order chi connectivity index (χ1) is 9.24. The number of fused-ring (bicyclic) bond motifs is 1. The van der Waals surface area contributed by atoms with Crippen LogP contribution >= 0.6 is 0 Å². The molecule has 2 rings (SSSR count). The zero-order chi connectivity index (χ0) is 13.7. The van der Waals surface area contributed by atoms with E-state index < -0.39 is 6.16 Å². The largest absolute Gasteiger partial charge is 0.508 e. The molecule has 1 heterocycles. The highest BCUT2D eigenvalue weighted by Crippen LogP contribution is 2.37. The van der Waals surface area contributed by atoms with E-state index >= 15 is 0 Å². The molecule has 1 saturated heterocycles. The van der Waals surface area contributed by atoms with Crippen LogP contribution in [0.15, 0.2) is 24.3 Å². The van der Waals surface area contributed by atoms with Crippen molar-refractivity contribution in [1.82, 2.24) is 0 Å². The average molecular weight is 268 g/mol. The highest BCUT2D eigenvalue weighted by Gasteiger charge is 2.36. The zero-order valence-electron chi connectivity index (χ0n) is 11.2. The minimum absolute atomic E-state index is 0.236. The van der Waals surface area contributed by atoms with Crippen molar-refractivity contribution in [2.45, 2.75) is 31.7 Å². The van der Waals surface area contributed by atoms with Crippen LogP contribution in [0.2, 0.25) is 0 Å². The zero-order valence-corrected chi connectivity index (χ0v) is 11.2. The molecular weight excluding hydrogens is 248 g/mol. The van der Waals surface area contributed by atoms with Crippen LogP contribution in [0.4, 0.5) is 4.79 Å². The topological polar surface area (TPSA) is 54.0 Å². The number of rotatable bonds is 5. The van der Waals surface area contributed by atoms with Gasteiger partial charge in [-0.25, -0.2) is 4.79 Å². The Kier molecular flexibility index (Phi) is 4.99. The predicted octanol–water partition coefficient (Wildman–Crippen LogP) is 2.42. The number of ether oxygens (including phenoxy) is 4. The van der Waals surface area contributed by atoms with Gasteiger partial charge in [0, 0.05) is 0 Å². The van der Waals surface area contributed by atoms with Crippen molar-refractivity contribution in [1.29, 1.82) is 0 Å². The van der Waals surface area contributed by atoms with Gasteiger partial charge in [0.25, 0.3) is 0 Å². The van der Waals surface area contributed by atoms with Crippen molar-refractivity contribution in [3.63, 3.8) is 0 Å². The van der Waals surface area contributed by atoms with Gasteiger partial charge in [0.15, 0.2) is 6.29 Å². The maximum atomic E-state index is 11.1. The molecule has 0 unspecified atom stereocenters. The van der Waals surface area contributed by atoms with Crippen molar-refractivity contribution < 1.29 is 23.7 Å². The van der Waals surface area contributed by atoms with Gasteiger partial charge in [0.1, 0.15) is 6.10 Å². The number of methoxy groups -OCH3 is 1. The lowest BCUT2D eigenvalue weighted by Crippen LogP contribution is -2.29. The van der Waals surface area contributed by atoms with Crippen LogP contribution in [0.1, 0.15) is 19.3 Å². The van der Waals surface area contributed by atoms with Gasteiger partial charge >= 0.3 is 6.16 Å². The van der Waals surface area contributed by atoms with E-state index in [9.17, 15) is 4.79 Å². The van der Waals surface area contributed by atoms with Crippen LogP contribution in [-0.4, -0.2) is 38.9 Å². The molecule has 5 heteroatoms. The van der Waals surface area contributed by atoms with E-state index in [0.29, 0.717) is 19.1 Å². The van der Waals surface area contributed by atoms with Crippen LogP contribution in [0.3, 0.4) is 0 Å². The summed E-state index contributed by atoms with van der Waals surface area (Å²) in [6.07, 6.45) is 5.06. The number of hydrogen-bond donors (Lipinski definition) is 0. The van der Waals surface area contributed by atoms with E-state index in [-0.39, 0.29) is 12.4 Å². The standard InChI is InChI=1S/C14H20O5/c1-3-4-6-17-13-12-9-11(19-14(15)16-2)8-10(12)5-7-18-13/h3,9-11,13H,1,4-8H2,2H3/t10-,11+,13+/m0/s1. The molecule has 3 atom stereocenters. The second-order valence-electron chi connectivity index (χ2n) is 4.65. The first-order valence-electron chi connectivity index (χ1n) is 6.55. The Bertz CT molecular complexity index is 363. The Morgan fingerprint density at radius 3 is 3.21 bits per heavy atom. The molecule has 0 bridgehead atoms. The van der Waals surface area contributed by atoms with Gasteiger partial charge in [-0.15, -0.1) is 6.58 Å². The number of carbonyl (C=O) groups excluding carboxylic acids is 1. The third-order valence-corrected chi connectivity index (χ3v) is 3.38. The van der Waals surface area contributed by atoms with Crippen molar-refractivity contribution >= 4 is 6.16 Å². The quantitative estimate of drug-likeness (QED) is 0.435. The van der Waals surface area contributed by atoms with Gasteiger partial charge in [-0.2, -0.15) is 0 Å². The Morgan fingerprint density at radius 1 is 1.63 bits per heavy atom. The third-order valence-electron chi connectivity index (χ3n) is 3.38. The van der Waals surface area contributed by atoms with Gasteiger partial charge in [-0.05, 0) is 36.8 Å². The summed E-state index contributed by atoms with van der Waals surface area (Å²) in [6.45, 7) is 4.91. The average Bonchev–Trinajstić information content (AvgIpc) is 2.82. The molecule has 2 aliphatic rings. The Morgan fingerprint density at radius 2 is 2.47 bits per heavy atom. The minimum atomic E-state index is -0.648. The van der Waals surface area contributed by atoms with E-state index in [4.69, 9.17) is 14.2 Å². The van der Waals surface area contributed by atoms with Crippen LogP contribution in [0.25, 0.3) is 0 Å². The number of carbonyl (C=O) groups is 1. The summed E-state index contributed by atoms with van der Waals surface area (Å²) in [6, 6.07) is 0. The molecule has 1 fully saturated rings. The molecule has 19 heavy (non-hydrogen) atoms. The summed E-state index contributed by atoms with van der Waals surface area (Å²) in [5, 5.41) is 0. The molecule has 0 saturated carbocycles. The molecule has 0 aromatic rings. The summed E-state index contributed by atoms with van der Waals surface area (Å²) in [7, 11) is 1.31. The van der Waals surface area contributed by atoms with Gasteiger partial charge in [-0.1, -0.05) is 6.08 Å². The molecule has 0 N–H and O–H groups in total. The van der Waals surface area contributed by atoms with Crippen LogP contribution < -0.4 is 0 Å². The summed E-state index contributed by atoms with van der Waals surface area (Å²) in [5.41, 5.74) is 1.09. The first kappa shape index (κ1) is 14.1. The maximum Gasteiger partial charge on any atom is 0.508 e. The molecule has 0 aromatic carbocycles. The predicted molar refractivity (Wildman–Crippen MR) is 68.6 cm³/mol. The maximum absolute atomic E-state index is 11.1. The van der Waals surface area contributed by atoms with E-state index in [2.05, 4.69) is 11.3 Å². The van der Waals surface area contributed by atoms with Crippen molar-refractivity contribution in [3.8, 4) is 0 Å². The fraction of sp³-hybridized carbons (Fsp3) is 0.643. The van der Waals surface area contributed by atoms with Crippen LogP contribution in [0, 0.1) is 5.92 Å². The van der Waals surface area contributed by atoms with Crippen molar-refractivity contribution in [2.24, 2.45) is 5.92 Å². The molecule has 0 amide bonds. The molecule has 106 valence electrons. The molecule has 0 radical (unpaired) electrons. The summed E-state index contributed by atoms with van der Waals surface area (Å²) in [4.78, 5) is 11.1. The monoisotopic (exact) mass is 268 g/mol. The molecule has 0 aromatic heterocycles. The molecule has 1 aliphatic carbocycles. The van der Waals surface area contributed by atoms with Gasteiger partial charge in [0.2, 0.25) is 0 Å². The molecule has 0 spiro atoms. The van der Waals surface area contributed by atoms with Crippen LogP contribution in [-0.2, 0) is 18.9 Å². The highest BCUT2D eigenvalue weighted by molar-refractivity contribution is 5.60. The van der Waals surface area contributed by atoms with E-state index in [1.165, 1.54) is 7.11 Å². The summed E-state index contributed by atoms with van der Waals surface area (Å²) >= 11 is 0. The molecular formula is C14H20O5. The lowest BCUT2D eigenvalue weighted by atomic mass is 9.95. The van der Waals surface area contributed by atoms with Gasteiger partial charge in [0.05, 0.1) is 20.3 Å². The first-order valence-corrected chi connectivity index (χ1v) is 6.55. The molecule has 1 aliphatic heterocycles. The van der Waals surface area contributed by atoms with Crippen molar-refractivity contribution in [3.05, 3.63) is 24.3 Å². The van der Waals surface area contributed by atoms with Crippen LogP contribution in [0.5, 0.6) is 0 Å². The Labute approximate surface area is 113 Å². The second kappa shape index (κ2) is 6.73. The Hall–Kier alpha value is -1.33. The molecule has 5 nitrogen and oxygen atoms in total. The smallest absolute Gasteiger partial charge is 0.438 e. The summed E-state index contributed by atoms with van der Waals surface area (Å²) < 4.78 is 21.0. The lowest BCUT2D eigenvalue weighted by molar-refractivity contribution is -0.138. The SMILES string of the molecule is C=CCCO[C@@H]1OCC[C@H]2C[C@@H](OC(=O)OC)C=C21. The third kappa shape index (κ3) is 3.58. The van der Waals surface area contributed by atoms with E-state index in [1.807, 2.05) is 12.2 Å². The Balaban J connectivity index is 1.93. The van der Waals surface area contributed by atoms with E-state index in [1.54, 1.807) is 0 Å². The second-order valence-corrected chi connectivity index (χ2v) is 4.65. The van der Waals surface area contributed by atoms with Gasteiger partial charge < -0.3 is 18.9 Å². The van der Waals surface area contributed by atoms with Crippen molar-refractivity contribution in [2.75, 3.05) is 20.3 Å².